The van der Waals surface area contributed by atoms with Gasteiger partial charge in [0.1, 0.15) is 5.75 Å². The number of hydrogen-bond acceptors (Lipinski definition) is 4. The lowest BCUT2D eigenvalue weighted by Crippen LogP contribution is -2.24. The second-order valence-corrected chi connectivity index (χ2v) is 4.12. The van der Waals surface area contributed by atoms with Crippen LogP contribution in [0.1, 0.15) is 24.8 Å². The van der Waals surface area contributed by atoms with Crippen molar-refractivity contribution in [2.24, 2.45) is 0 Å². The molecule has 2 rings (SSSR count). The van der Waals surface area contributed by atoms with Crippen LogP contribution in [0, 0.1) is 17.0 Å². The predicted molar refractivity (Wildman–Crippen MR) is 62.1 cm³/mol. The minimum atomic E-state index is -0.399. The maximum Gasteiger partial charge on any atom is 0.276 e. The summed E-state index contributed by atoms with van der Waals surface area (Å²) in [5, 5.41) is 10.8. The van der Waals surface area contributed by atoms with E-state index < -0.39 is 4.92 Å². The van der Waals surface area contributed by atoms with E-state index in [1.807, 2.05) is 0 Å². The number of aryl methyl sites for hydroxylation is 1. The van der Waals surface area contributed by atoms with Crippen molar-refractivity contribution in [3.63, 3.8) is 0 Å². The van der Waals surface area contributed by atoms with Crippen molar-refractivity contribution in [3.8, 4) is 5.75 Å². The van der Waals surface area contributed by atoms with Crippen LogP contribution in [0.25, 0.3) is 0 Å². The Morgan fingerprint density at radius 1 is 1.47 bits per heavy atom. The van der Waals surface area contributed by atoms with Crippen LogP contribution < -0.4 is 4.74 Å². The van der Waals surface area contributed by atoms with Crippen LogP contribution in [-0.2, 0) is 4.74 Å². The summed E-state index contributed by atoms with van der Waals surface area (Å²) >= 11 is 0. The van der Waals surface area contributed by atoms with Crippen molar-refractivity contribution in [2.45, 2.75) is 32.5 Å². The Labute approximate surface area is 99.5 Å². The molecule has 0 N–H and O–H groups in total. The van der Waals surface area contributed by atoms with Gasteiger partial charge >= 0.3 is 0 Å². The summed E-state index contributed by atoms with van der Waals surface area (Å²) in [6, 6.07) is 4.88. The molecule has 0 bridgehead atoms. The first-order valence-corrected chi connectivity index (χ1v) is 5.70. The van der Waals surface area contributed by atoms with Crippen molar-refractivity contribution in [3.05, 3.63) is 33.9 Å². The van der Waals surface area contributed by atoms with E-state index in [9.17, 15) is 10.1 Å². The van der Waals surface area contributed by atoms with Gasteiger partial charge in [-0.15, -0.1) is 0 Å². The van der Waals surface area contributed by atoms with Crippen LogP contribution in [0.15, 0.2) is 18.2 Å². The summed E-state index contributed by atoms with van der Waals surface area (Å²) in [5.74, 6) is 0.495. The first-order chi connectivity index (χ1) is 8.16. The molecule has 5 nitrogen and oxygen atoms in total. The van der Waals surface area contributed by atoms with Gasteiger partial charge in [-0.25, -0.2) is 0 Å². The number of nitro benzene ring substituents is 1. The number of ether oxygens (including phenoxy) is 2. The van der Waals surface area contributed by atoms with Gasteiger partial charge in [0.2, 0.25) is 0 Å². The van der Waals surface area contributed by atoms with Crippen LogP contribution >= 0.6 is 0 Å². The Hall–Kier alpha value is -1.62. The summed E-state index contributed by atoms with van der Waals surface area (Å²) in [7, 11) is 0. The summed E-state index contributed by atoms with van der Waals surface area (Å²) in [5.41, 5.74) is 0.713. The molecule has 5 heteroatoms. The molecule has 1 atom stereocenters. The Bertz CT molecular complexity index is 413. The fourth-order valence-electron chi connectivity index (χ4n) is 1.82. The molecule has 1 aromatic carbocycles. The number of nitro groups is 1. The van der Waals surface area contributed by atoms with E-state index in [4.69, 9.17) is 9.47 Å². The van der Waals surface area contributed by atoms with Crippen LogP contribution in [-0.4, -0.2) is 17.8 Å². The zero-order chi connectivity index (χ0) is 12.3. The standard InChI is InChI=1S/C12H15NO4/c1-9-5-6-10(8-11(9)13(14)15)17-12-4-2-3-7-16-12/h5-6,8,12H,2-4,7H2,1H3. The smallest absolute Gasteiger partial charge is 0.276 e. The molecule has 92 valence electrons. The van der Waals surface area contributed by atoms with Crippen molar-refractivity contribution in [2.75, 3.05) is 6.61 Å². The van der Waals surface area contributed by atoms with E-state index in [2.05, 4.69) is 0 Å². The Morgan fingerprint density at radius 3 is 2.94 bits per heavy atom. The lowest BCUT2D eigenvalue weighted by molar-refractivity contribution is -0.385. The average molecular weight is 237 g/mol. The molecule has 0 aromatic heterocycles. The molecule has 0 spiro atoms. The highest BCUT2D eigenvalue weighted by Gasteiger charge is 2.17. The van der Waals surface area contributed by atoms with Gasteiger partial charge in [0, 0.05) is 12.0 Å². The van der Waals surface area contributed by atoms with Crippen LogP contribution in [0.5, 0.6) is 5.75 Å². The second kappa shape index (κ2) is 5.14. The highest BCUT2D eigenvalue weighted by Crippen LogP contribution is 2.26. The van der Waals surface area contributed by atoms with E-state index in [0.29, 0.717) is 17.9 Å². The largest absolute Gasteiger partial charge is 0.465 e. The lowest BCUT2D eigenvalue weighted by Gasteiger charge is -2.23. The van der Waals surface area contributed by atoms with Gasteiger partial charge < -0.3 is 9.47 Å². The van der Waals surface area contributed by atoms with Gasteiger partial charge in [0.05, 0.1) is 17.6 Å². The zero-order valence-electron chi connectivity index (χ0n) is 9.72. The van der Waals surface area contributed by atoms with Crippen molar-refractivity contribution >= 4 is 5.69 Å². The number of rotatable bonds is 3. The quantitative estimate of drug-likeness (QED) is 0.599. The summed E-state index contributed by atoms with van der Waals surface area (Å²) in [6.45, 7) is 2.40. The Balaban J connectivity index is 2.10. The third-order valence-electron chi connectivity index (χ3n) is 2.78. The molecule has 1 saturated heterocycles. The van der Waals surface area contributed by atoms with Crippen molar-refractivity contribution in [1.82, 2.24) is 0 Å². The fraction of sp³-hybridized carbons (Fsp3) is 0.500. The average Bonchev–Trinajstić information content (AvgIpc) is 2.32. The molecule has 0 aliphatic carbocycles. The van der Waals surface area contributed by atoms with E-state index in [1.54, 1.807) is 19.1 Å². The maximum absolute atomic E-state index is 10.8. The molecule has 0 amide bonds. The molecule has 1 aromatic rings. The maximum atomic E-state index is 10.8. The van der Waals surface area contributed by atoms with Gasteiger partial charge in [-0.2, -0.15) is 0 Å². The van der Waals surface area contributed by atoms with Crippen molar-refractivity contribution < 1.29 is 14.4 Å². The molecule has 0 radical (unpaired) electrons. The molecule has 1 unspecified atom stereocenters. The van der Waals surface area contributed by atoms with Gasteiger partial charge in [0.25, 0.3) is 5.69 Å². The minimum absolute atomic E-state index is 0.0818. The summed E-state index contributed by atoms with van der Waals surface area (Å²) in [6.07, 6.45) is 2.68. The third-order valence-corrected chi connectivity index (χ3v) is 2.78. The molecular formula is C12H15NO4. The van der Waals surface area contributed by atoms with E-state index >= 15 is 0 Å². The Morgan fingerprint density at radius 2 is 2.29 bits per heavy atom. The molecule has 1 aliphatic rings. The number of benzene rings is 1. The fourth-order valence-corrected chi connectivity index (χ4v) is 1.82. The zero-order valence-corrected chi connectivity index (χ0v) is 9.72. The van der Waals surface area contributed by atoms with Gasteiger partial charge in [0.15, 0.2) is 6.29 Å². The summed E-state index contributed by atoms with van der Waals surface area (Å²) in [4.78, 5) is 10.4. The van der Waals surface area contributed by atoms with Crippen LogP contribution in [0.2, 0.25) is 0 Å². The first kappa shape index (κ1) is 11.9. The highest BCUT2D eigenvalue weighted by molar-refractivity contribution is 5.45. The molecule has 1 aliphatic heterocycles. The SMILES string of the molecule is Cc1ccc(OC2CCCCO2)cc1[N+](=O)[O-]. The highest BCUT2D eigenvalue weighted by atomic mass is 16.7. The van der Waals surface area contributed by atoms with E-state index in [1.165, 1.54) is 6.07 Å². The topological polar surface area (TPSA) is 61.6 Å². The second-order valence-electron chi connectivity index (χ2n) is 4.12. The first-order valence-electron chi connectivity index (χ1n) is 5.70. The predicted octanol–water partition coefficient (Wildman–Crippen LogP) is 2.81. The normalized spacial score (nSPS) is 19.9. The van der Waals surface area contributed by atoms with E-state index in [0.717, 1.165) is 19.3 Å². The number of nitrogens with zero attached hydrogens (tertiary/aromatic N) is 1. The molecule has 0 saturated carbocycles. The third kappa shape index (κ3) is 2.94. The molecule has 1 heterocycles. The lowest BCUT2D eigenvalue weighted by atomic mass is 10.2. The Kier molecular flexibility index (Phi) is 3.58. The molecule has 1 fully saturated rings. The molecular weight excluding hydrogens is 222 g/mol. The van der Waals surface area contributed by atoms with Crippen LogP contribution in [0.3, 0.4) is 0 Å². The van der Waals surface area contributed by atoms with Gasteiger partial charge in [-0.3, -0.25) is 10.1 Å². The van der Waals surface area contributed by atoms with Crippen molar-refractivity contribution in [1.29, 1.82) is 0 Å². The monoisotopic (exact) mass is 237 g/mol. The molecule has 17 heavy (non-hydrogen) atoms. The number of hydrogen-bond donors (Lipinski definition) is 0. The van der Waals surface area contributed by atoms with Gasteiger partial charge in [-0.1, -0.05) is 0 Å². The summed E-state index contributed by atoms with van der Waals surface area (Å²) < 4.78 is 11.0. The van der Waals surface area contributed by atoms with E-state index in [-0.39, 0.29) is 12.0 Å². The van der Waals surface area contributed by atoms with Crippen LogP contribution in [0.4, 0.5) is 5.69 Å². The minimum Gasteiger partial charge on any atom is -0.465 e. The van der Waals surface area contributed by atoms with Gasteiger partial charge in [-0.05, 0) is 31.9 Å².